The van der Waals surface area contributed by atoms with Crippen LogP contribution in [0.15, 0.2) is 30.5 Å². The van der Waals surface area contributed by atoms with E-state index < -0.39 is 0 Å². The Morgan fingerprint density at radius 1 is 1.31 bits per heavy atom. The van der Waals surface area contributed by atoms with Gasteiger partial charge in [-0.25, -0.2) is 0 Å². The van der Waals surface area contributed by atoms with E-state index in [1.54, 1.807) is 4.90 Å². The molecule has 29 heavy (non-hydrogen) atoms. The van der Waals surface area contributed by atoms with Gasteiger partial charge >= 0.3 is 0 Å². The first-order valence-corrected chi connectivity index (χ1v) is 10.0. The Labute approximate surface area is 169 Å². The molecule has 2 aromatic heterocycles. The van der Waals surface area contributed by atoms with E-state index >= 15 is 0 Å². The first-order valence-electron chi connectivity index (χ1n) is 10.0. The van der Waals surface area contributed by atoms with Gasteiger partial charge in [0.1, 0.15) is 5.82 Å². The van der Waals surface area contributed by atoms with Crippen LogP contribution in [0.4, 0.5) is 5.95 Å². The number of aromatic nitrogens is 4. The van der Waals surface area contributed by atoms with E-state index in [1.165, 1.54) is 10.9 Å². The maximum atomic E-state index is 12.5. The van der Waals surface area contributed by atoms with Gasteiger partial charge in [0.2, 0.25) is 17.8 Å². The normalized spacial score (nSPS) is 16.9. The Kier molecular flexibility index (Phi) is 5.33. The van der Waals surface area contributed by atoms with Gasteiger partial charge in [-0.2, -0.15) is 4.98 Å². The van der Waals surface area contributed by atoms with Crippen molar-refractivity contribution in [3.63, 3.8) is 0 Å². The minimum atomic E-state index is -0.352. The fourth-order valence-corrected chi connectivity index (χ4v) is 3.83. The zero-order chi connectivity index (χ0) is 20.4. The zero-order valence-electron chi connectivity index (χ0n) is 16.7. The van der Waals surface area contributed by atoms with Crippen LogP contribution < -0.4 is 5.32 Å². The summed E-state index contributed by atoms with van der Waals surface area (Å²) in [7, 11) is 0. The van der Waals surface area contributed by atoms with E-state index in [-0.39, 0.29) is 30.1 Å². The predicted octanol–water partition coefficient (Wildman–Crippen LogP) is 2.51. The van der Waals surface area contributed by atoms with Gasteiger partial charge in [0.15, 0.2) is 0 Å². The Bertz CT molecular complexity index is 1020. The van der Waals surface area contributed by atoms with Crippen LogP contribution in [0.2, 0.25) is 0 Å². The van der Waals surface area contributed by atoms with Crippen LogP contribution in [0.5, 0.6) is 0 Å². The quantitative estimate of drug-likeness (QED) is 0.572. The van der Waals surface area contributed by atoms with Crippen molar-refractivity contribution in [1.29, 1.82) is 0 Å². The van der Waals surface area contributed by atoms with Gasteiger partial charge in [-0.3, -0.25) is 20.0 Å². The van der Waals surface area contributed by atoms with Crippen molar-refractivity contribution >= 4 is 28.7 Å². The molecule has 1 aliphatic rings. The summed E-state index contributed by atoms with van der Waals surface area (Å²) in [5.74, 6) is 0.844. The van der Waals surface area contributed by atoms with Gasteiger partial charge in [-0.05, 0) is 24.0 Å². The van der Waals surface area contributed by atoms with Crippen molar-refractivity contribution in [1.82, 2.24) is 25.1 Å². The molecule has 152 valence electrons. The van der Waals surface area contributed by atoms with Gasteiger partial charge in [0.05, 0.1) is 5.92 Å². The summed E-state index contributed by atoms with van der Waals surface area (Å²) in [6.07, 6.45) is 3.77. The third kappa shape index (κ3) is 4.31. The molecule has 1 fully saturated rings. The molecule has 0 radical (unpaired) electrons. The van der Waals surface area contributed by atoms with Gasteiger partial charge in [-0.15, -0.1) is 5.10 Å². The molecule has 1 saturated heterocycles. The molecular weight excluding hydrogens is 368 g/mol. The smallest absolute Gasteiger partial charge is 0.248 e. The summed E-state index contributed by atoms with van der Waals surface area (Å²) in [5, 5.41) is 10.9. The number of fused-ring (bicyclic) bond motifs is 1. The summed E-state index contributed by atoms with van der Waals surface area (Å²) < 4.78 is 0. The molecule has 1 atom stereocenters. The van der Waals surface area contributed by atoms with Crippen LogP contribution in [0.3, 0.4) is 0 Å². The second-order valence-corrected chi connectivity index (χ2v) is 8.05. The molecule has 0 bridgehead atoms. The molecule has 1 aromatic carbocycles. The number of hydrogen-bond donors (Lipinski definition) is 3. The molecular formula is C21H26N6O2. The maximum absolute atomic E-state index is 12.5. The average molecular weight is 394 g/mol. The van der Waals surface area contributed by atoms with Crippen molar-refractivity contribution in [3.05, 3.63) is 41.9 Å². The highest BCUT2D eigenvalue weighted by Gasteiger charge is 2.34. The number of aromatic amines is 2. The minimum absolute atomic E-state index is 0.0354. The highest BCUT2D eigenvalue weighted by atomic mass is 16.2. The Morgan fingerprint density at radius 2 is 2.14 bits per heavy atom. The van der Waals surface area contributed by atoms with Gasteiger partial charge in [0, 0.05) is 43.0 Å². The van der Waals surface area contributed by atoms with Crippen molar-refractivity contribution < 1.29 is 9.59 Å². The fourth-order valence-electron chi connectivity index (χ4n) is 3.83. The molecule has 4 rings (SSSR count). The lowest BCUT2D eigenvalue weighted by Gasteiger charge is -2.18. The van der Waals surface area contributed by atoms with E-state index in [0.717, 1.165) is 17.8 Å². The molecule has 3 N–H and O–H groups in total. The number of para-hydroxylation sites is 1. The molecule has 8 nitrogen and oxygen atoms in total. The Morgan fingerprint density at radius 3 is 2.97 bits per heavy atom. The number of anilines is 1. The predicted molar refractivity (Wildman–Crippen MR) is 110 cm³/mol. The zero-order valence-corrected chi connectivity index (χ0v) is 16.7. The van der Waals surface area contributed by atoms with E-state index in [2.05, 4.69) is 51.5 Å². The molecule has 3 heterocycles. The number of carbonyl (C=O) groups is 2. The number of amides is 2. The van der Waals surface area contributed by atoms with Gasteiger partial charge in [0.25, 0.3) is 0 Å². The second kappa shape index (κ2) is 8.06. The molecule has 3 aromatic rings. The van der Waals surface area contributed by atoms with Crippen molar-refractivity contribution in [2.45, 2.75) is 33.1 Å². The number of aryl methyl sites for hydroxylation is 2. The molecule has 1 aliphatic heterocycles. The SMILES string of the molecule is CC(C)CN1C[C@H](C(=O)Nc2n[nH]c(CCc3c[nH]c4ccccc34)n2)CC1=O. The third-order valence-electron chi connectivity index (χ3n) is 5.24. The lowest BCUT2D eigenvalue weighted by molar-refractivity contribution is -0.128. The van der Waals surface area contributed by atoms with Crippen molar-refractivity contribution in [3.8, 4) is 0 Å². The van der Waals surface area contributed by atoms with Crippen molar-refractivity contribution in [2.75, 3.05) is 18.4 Å². The third-order valence-corrected chi connectivity index (χ3v) is 5.24. The summed E-state index contributed by atoms with van der Waals surface area (Å²) in [5.41, 5.74) is 2.34. The number of nitrogens with one attached hydrogen (secondary N) is 3. The van der Waals surface area contributed by atoms with E-state index in [4.69, 9.17) is 0 Å². The summed E-state index contributed by atoms with van der Waals surface area (Å²) >= 11 is 0. The number of hydrogen-bond acceptors (Lipinski definition) is 4. The topological polar surface area (TPSA) is 107 Å². The molecule has 0 aliphatic carbocycles. The highest BCUT2D eigenvalue weighted by Crippen LogP contribution is 2.21. The highest BCUT2D eigenvalue weighted by molar-refractivity contribution is 5.96. The van der Waals surface area contributed by atoms with E-state index in [9.17, 15) is 9.59 Å². The molecule has 0 saturated carbocycles. The second-order valence-electron chi connectivity index (χ2n) is 8.05. The standard InChI is InChI=1S/C21H26N6O2/c1-13(2)11-27-12-15(9-19(27)28)20(29)24-21-23-18(25-26-21)8-7-14-10-22-17-6-4-3-5-16(14)17/h3-6,10,13,15,22H,7-9,11-12H2,1-2H3,(H2,23,24,25,26,29)/t15-/m1/s1. The van der Waals surface area contributed by atoms with E-state index in [1.807, 2.05) is 18.3 Å². The minimum Gasteiger partial charge on any atom is -0.361 e. The summed E-state index contributed by atoms with van der Waals surface area (Å²) in [6, 6.07) is 8.18. The number of nitrogens with zero attached hydrogens (tertiary/aromatic N) is 3. The van der Waals surface area contributed by atoms with E-state index in [0.29, 0.717) is 25.4 Å². The van der Waals surface area contributed by atoms with Crippen LogP contribution >= 0.6 is 0 Å². The lowest BCUT2D eigenvalue weighted by atomic mass is 10.1. The summed E-state index contributed by atoms with van der Waals surface area (Å²) in [6.45, 7) is 5.26. The molecule has 0 unspecified atom stereocenters. The van der Waals surface area contributed by atoms with Crippen molar-refractivity contribution in [2.24, 2.45) is 11.8 Å². The lowest BCUT2D eigenvalue weighted by Crippen LogP contribution is -2.31. The summed E-state index contributed by atoms with van der Waals surface area (Å²) in [4.78, 5) is 34.0. The molecule has 2 amide bonds. The van der Waals surface area contributed by atoms with Gasteiger partial charge < -0.3 is 9.88 Å². The van der Waals surface area contributed by atoms with Crippen LogP contribution in [0.1, 0.15) is 31.7 Å². The molecule has 0 spiro atoms. The van der Waals surface area contributed by atoms with Crippen LogP contribution in [-0.4, -0.2) is 50.0 Å². The van der Waals surface area contributed by atoms with Crippen LogP contribution in [-0.2, 0) is 22.4 Å². The number of rotatable bonds is 7. The average Bonchev–Trinajstić information content (AvgIpc) is 3.39. The number of likely N-dealkylation sites (tertiary alicyclic amines) is 1. The first kappa shape index (κ1) is 19.2. The first-order chi connectivity index (χ1) is 14.0. The number of H-pyrrole nitrogens is 2. The van der Waals surface area contributed by atoms with Crippen LogP contribution in [0.25, 0.3) is 10.9 Å². The Balaban J connectivity index is 1.32. The number of benzene rings is 1. The maximum Gasteiger partial charge on any atom is 0.248 e. The largest absolute Gasteiger partial charge is 0.361 e. The monoisotopic (exact) mass is 394 g/mol. The fraction of sp³-hybridized carbons (Fsp3) is 0.429. The number of carbonyl (C=O) groups excluding carboxylic acids is 2. The van der Waals surface area contributed by atoms with Crippen LogP contribution in [0, 0.1) is 11.8 Å². The molecule has 8 heteroatoms. The Hall–Kier alpha value is -3.16. The van der Waals surface area contributed by atoms with Gasteiger partial charge in [-0.1, -0.05) is 32.0 Å².